The van der Waals surface area contributed by atoms with E-state index >= 15 is 0 Å². The van der Waals surface area contributed by atoms with E-state index in [1.165, 1.54) is 11.1 Å². The molecule has 1 aliphatic carbocycles. The Bertz CT molecular complexity index is 312. The molecule has 3 heteroatoms. The summed E-state index contributed by atoms with van der Waals surface area (Å²) in [5.41, 5.74) is 8.48. The normalized spacial score (nSPS) is 25.2. The third-order valence-electron chi connectivity index (χ3n) is 2.65. The maximum atomic E-state index is 6.04. The van der Waals surface area contributed by atoms with Gasteiger partial charge in [-0.05, 0) is 29.5 Å². The average Bonchev–Trinajstić information content (AvgIpc) is 2.32. The van der Waals surface area contributed by atoms with Crippen LogP contribution in [0.15, 0.2) is 18.2 Å². The molecule has 0 amide bonds. The molecular formula is C10H13Cl2N. The monoisotopic (exact) mass is 217 g/mol. The van der Waals surface area contributed by atoms with Crippen molar-refractivity contribution in [1.29, 1.82) is 0 Å². The quantitative estimate of drug-likeness (QED) is 0.711. The molecule has 0 aliphatic heterocycles. The summed E-state index contributed by atoms with van der Waals surface area (Å²) in [6, 6.07) is 6.17. The summed E-state index contributed by atoms with van der Waals surface area (Å²) in [5, 5.41) is 0.868. The van der Waals surface area contributed by atoms with Crippen LogP contribution in [0.3, 0.4) is 0 Å². The van der Waals surface area contributed by atoms with E-state index in [0.717, 1.165) is 11.4 Å². The molecule has 0 radical (unpaired) electrons. The van der Waals surface area contributed by atoms with Crippen LogP contribution in [-0.4, -0.2) is 0 Å². The van der Waals surface area contributed by atoms with Gasteiger partial charge in [-0.15, -0.1) is 12.4 Å². The zero-order chi connectivity index (χ0) is 8.72. The fourth-order valence-electron chi connectivity index (χ4n) is 1.86. The van der Waals surface area contributed by atoms with Gasteiger partial charge in [-0.1, -0.05) is 30.7 Å². The Kier molecular flexibility index (Phi) is 3.23. The molecule has 0 bridgehead atoms. The van der Waals surface area contributed by atoms with Gasteiger partial charge in [-0.3, -0.25) is 0 Å². The van der Waals surface area contributed by atoms with Gasteiger partial charge in [0.1, 0.15) is 0 Å². The first kappa shape index (κ1) is 10.8. The van der Waals surface area contributed by atoms with E-state index in [2.05, 4.69) is 13.0 Å². The van der Waals surface area contributed by atoms with Crippen molar-refractivity contribution < 1.29 is 0 Å². The lowest BCUT2D eigenvalue weighted by atomic mass is 10.0. The molecule has 0 fully saturated rings. The highest BCUT2D eigenvalue weighted by atomic mass is 35.5. The number of hydrogen-bond donors (Lipinski definition) is 1. The van der Waals surface area contributed by atoms with Crippen LogP contribution in [0.5, 0.6) is 0 Å². The molecular weight excluding hydrogens is 205 g/mol. The number of rotatable bonds is 0. The minimum atomic E-state index is 0. The second-order valence-electron chi connectivity index (χ2n) is 3.51. The summed E-state index contributed by atoms with van der Waals surface area (Å²) in [7, 11) is 0. The maximum absolute atomic E-state index is 6.04. The summed E-state index contributed by atoms with van der Waals surface area (Å²) in [6.07, 6.45) is 1.02. The highest BCUT2D eigenvalue weighted by molar-refractivity contribution is 6.31. The van der Waals surface area contributed by atoms with E-state index in [-0.39, 0.29) is 18.4 Å². The van der Waals surface area contributed by atoms with Crippen molar-refractivity contribution >= 4 is 24.0 Å². The Morgan fingerprint density at radius 1 is 1.46 bits per heavy atom. The largest absolute Gasteiger partial charge is 0.324 e. The Balaban J connectivity index is 0.000000845. The van der Waals surface area contributed by atoms with Gasteiger partial charge in [-0.25, -0.2) is 0 Å². The summed E-state index contributed by atoms with van der Waals surface area (Å²) >= 11 is 6.04. The van der Waals surface area contributed by atoms with Crippen molar-refractivity contribution in [2.45, 2.75) is 19.4 Å². The average molecular weight is 218 g/mol. The fourth-order valence-corrected chi connectivity index (χ4v) is 2.12. The van der Waals surface area contributed by atoms with E-state index in [4.69, 9.17) is 17.3 Å². The van der Waals surface area contributed by atoms with Gasteiger partial charge in [0.15, 0.2) is 0 Å². The Morgan fingerprint density at radius 2 is 2.15 bits per heavy atom. The molecule has 2 rings (SSSR count). The van der Waals surface area contributed by atoms with Gasteiger partial charge < -0.3 is 5.73 Å². The molecule has 0 spiro atoms. The Hall–Kier alpha value is -0.240. The van der Waals surface area contributed by atoms with Crippen molar-refractivity contribution in [1.82, 2.24) is 0 Å². The molecule has 72 valence electrons. The predicted octanol–water partition coefficient (Wildman–Crippen LogP) is 2.95. The van der Waals surface area contributed by atoms with E-state index in [9.17, 15) is 0 Å². The SMILES string of the molecule is CC1Cc2c(Cl)cccc2C1N.Cl. The molecule has 0 heterocycles. The standard InChI is InChI=1S/C10H12ClN.ClH/c1-6-5-8-7(10(6)12)3-2-4-9(8)11;/h2-4,6,10H,5,12H2,1H3;1H. The van der Waals surface area contributed by atoms with Crippen molar-refractivity contribution in [3.8, 4) is 0 Å². The topological polar surface area (TPSA) is 26.0 Å². The van der Waals surface area contributed by atoms with Crippen LogP contribution in [0.2, 0.25) is 5.02 Å². The summed E-state index contributed by atoms with van der Waals surface area (Å²) in [6.45, 7) is 2.17. The highest BCUT2D eigenvalue weighted by Gasteiger charge is 2.27. The van der Waals surface area contributed by atoms with Crippen LogP contribution < -0.4 is 5.73 Å². The van der Waals surface area contributed by atoms with E-state index in [0.29, 0.717) is 5.92 Å². The van der Waals surface area contributed by atoms with Crippen molar-refractivity contribution in [3.05, 3.63) is 34.3 Å². The van der Waals surface area contributed by atoms with Crippen LogP contribution in [-0.2, 0) is 6.42 Å². The molecule has 1 aromatic carbocycles. The zero-order valence-electron chi connectivity index (χ0n) is 7.46. The Morgan fingerprint density at radius 3 is 2.77 bits per heavy atom. The van der Waals surface area contributed by atoms with Gasteiger partial charge in [0.25, 0.3) is 0 Å². The molecule has 1 aromatic rings. The number of hydrogen-bond acceptors (Lipinski definition) is 1. The first-order valence-electron chi connectivity index (χ1n) is 4.23. The van der Waals surface area contributed by atoms with Crippen LogP contribution in [0, 0.1) is 5.92 Å². The van der Waals surface area contributed by atoms with Gasteiger partial charge >= 0.3 is 0 Å². The van der Waals surface area contributed by atoms with E-state index in [1.807, 2.05) is 12.1 Å². The van der Waals surface area contributed by atoms with Gasteiger partial charge in [0.2, 0.25) is 0 Å². The van der Waals surface area contributed by atoms with Crippen LogP contribution >= 0.6 is 24.0 Å². The predicted molar refractivity (Wildman–Crippen MR) is 58.5 cm³/mol. The summed E-state index contributed by atoms with van der Waals surface area (Å²) < 4.78 is 0. The number of benzene rings is 1. The molecule has 2 unspecified atom stereocenters. The third kappa shape index (κ3) is 1.69. The maximum Gasteiger partial charge on any atom is 0.0441 e. The molecule has 0 aromatic heterocycles. The van der Waals surface area contributed by atoms with Crippen molar-refractivity contribution in [3.63, 3.8) is 0 Å². The first-order chi connectivity index (χ1) is 5.70. The van der Waals surface area contributed by atoms with Crippen LogP contribution in [0.4, 0.5) is 0 Å². The highest BCUT2D eigenvalue weighted by Crippen LogP contribution is 2.37. The second kappa shape index (κ2) is 3.87. The summed E-state index contributed by atoms with van der Waals surface area (Å²) in [4.78, 5) is 0. The number of halogens is 2. The number of nitrogens with two attached hydrogens (primary N) is 1. The zero-order valence-corrected chi connectivity index (χ0v) is 9.03. The minimum absolute atomic E-state index is 0. The molecule has 1 aliphatic rings. The fraction of sp³-hybridized carbons (Fsp3) is 0.400. The number of fused-ring (bicyclic) bond motifs is 1. The lowest BCUT2D eigenvalue weighted by molar-refractivity contribution is 0.513. The molecule has 0 saturated carbocycles. The van der Waals surface area contributed by atoms with Gasteiger partial charge in [0, 0.05) is 11.1 Å². The first-order valence-corrected chi connectivity index (χ1v) is 4.61. The van der Waals surface area contributed by atoms with Gasteiger partial charge in [-0.2, -0.15) is 0 Å². The Labute approximate surface area is 89.7 Å². The lowest BCUT2D eigenvalue weighted by Gasteiger charge is -2.08. The molecule has 2 N–H and O–H groups in total. The van der Waals surface area contributed by atoms with Crippen molar-refractivity contribution in [2.75, 3.05) is 0 Å². The minimum Gasteiger partial charge on any atom is -0.324 e. The smallest absolute Gasteiger partial charge is 0.0441 e. The summed E-state index contributed by atoms with van der Waals surface area (Å²) in [5.74, 6) is 0.528. The lowest BCUT2D eigenvalue weighted by Crippen LogP contribution is -2.13. The van der Waals surface area contributed by atoms with Gasteiger partial charge in [0.05, 0.1) is 0 Å². The second-order valence-corrected chi connectivity index (χ2v) is 3.92. The van der Waals surface area contributed by atoms with Crippen LogP contribution in [0.25, 0.3) is 0 Å². The molecule has 13 heavy (non-hydrogen) atoms. The molecule has 0 saturated heterocycles. The third-order valence-corrected chi connectivity index (χ3v) is 3.01. The molecule has 1 nitrogen and oxygen atoms in total. The van der Waals surface area contributed by atoms with E-state index in [1.54, 1.807) is 0 Å². The van der Waals surface area contributed by atoms with Crippen molar-refractivity contribution in [2.24, 2.45) is 11.7 Å². The van der Waals surface area contributed by atoms with E-state index < -0.39 is 0 Å². The van der Waals surface area contributed by atoms with Crippen LogP contribution in [0.1, 0.15) is 24.1 Å². The molecule has 2 atom stereocenters.